The number of sulfonamides is 1. The van der Waals surface area contributed by atoms with Crippen molar-refractivity contribution >= 4 is 44.9 Å². The molecule has 2 aliphatic heterocycles. The summed E-state index contributed by atoms with van der Waals surface area (Å²) in [6.07, 6.45) is 1.59. The van der Waals surface area contributed by atoms with Gasteiger partial charge in [0.1, 0.15) is 11.8 Å². The Morgan fingerprint density at radius 1 is 1.21 bits per heavy atom. The third-order valence-corrected chi connectivity index (χ3v) is 7.94. The average Bonchev–Trinajstić information content (AvgIpc) is 2.72. The number of carbonyl (C=O) groups excluding carboxylic acids is 2. The van der Waals surface area contributed by atoms with Gasteiger partial charge < -0.3 is 9.64 Å². The zero-order valence-corrected chi connectivity index (χ0v) is 18.6. The summed E-state index contributed by atoms with van der Waals surface area (Å²) in [6, 6.07) is 2.63. The number of hydrogen-bond acceptors (Lipinski definition) is 5. The van der Waals surface area contributed by atoms with Crippen LogP contribution in [0.4, 0.5) is 0 Å². The summed E-state index contributed by atoms with van der Waals surface area (Å²) < 4.78 is 33.5. The minimum atomic E-state index is -4.10. The lowest BCUT2D eigenvalue weighted by molar-refractivity contribution is -0.135. The summed E-state index contributed by atoms with van der Waals surface area (Å²) in [4.78, 5) is 27.2. The van der Waals surface area contributed by atoms with E-state index in [9.17, 15) is 18.0 Å². The molecule has 3 atom stereocenters. The maximum Gasteiger partial charge on any atom is 0.244 e. The van der Waals surface area contributed by atoms with E-state index in [2.05, 4.69) is 0 Å². The molecule has 2 bridgehead atoms. The van der Waals surface area contributed by atoms with E-state index in [-0.39, 0.29) is 33.2 Å². The average molecular weight is 463 g/mol. The quantitative estimate of drug-likeness (QED) is 0.648. The molecule has 2 fully saturated rings. The Balaban J connectivity index is 2.10. The second-order valence-electron chi connectivity index (χ2n) is 7.45. The Labute approximate surface area is 180 Å². The molecule has 0 aliphatic carbocycles. The third-order valence-electron chi connectivity index (χ3n) is 5.59. The smallest absolute Gasteiger partial charge is 0.244 e. The zero-order valence-electron chi connectivity index (χ0n) is 16.3. The van der Waals surface area contributed by atoms with Crippen molar-refractivity contribution < 1.29 is 22.7 Å². The minimum Gasteiger partial charge on any atom is -0.383 e. The van der Waals surface area contributed by atoms with Crippen molar-refractivity contribution in [2.75, 3.05) is 26.8 Å². The fraction of sp³-hybridized carbons (Fsp3) is 0.579. The molecule has 2 heterocycles. The van der Waals surface area contributed by atoms with Crippen LogP contribution in [0.5, 0.6) is 0 Å². The Kier molecular flexibility index (Phi) is 6.90. The van der Waals surface area contributed by atoms with Crippen LogP contribution in [-0.2, 0) is 24.3 Å². The van der Waals surface area contributed by atoms with E-state index < -0.39 is 28.0 Å². The van der Waals surface area contributed by atoms with Gasteiger partial charge in [-0.05, 0) is 44.4 Å². The number of carbonyl (C=O) groups is 2. The molecule has 0 N–H and O–H groups in total. The summed E-state index contributed by atoms with van der Waals surface area (Å²) in [6.45, 7) is 2.24. The lowest BCUT2D eigenvalue weighted by atomic mass is 9.88. The van der Waals surface area contributed by atoms with Crippen LogP contribution >= 0.6 is 23.2 Å². The predicted molar refractivity (Wildman–Crippen MR) is 110 cm³/mol. The standard InChI is InChI=1S/C19H24Cl2N2O5S/c1-12(24)16-11-22(6-7-28-2)19(25)18-5-3-4-17(16)23(18)29(26,27)15-9-13(20)8-14(21)10-15/h8-10,16-18H,3-7,11H2,1-2H3/t16-,17+,18?/m1/s1. The number of rotatable bonds is 6. The Morgan fingerprint density at radius 2 is 1.86 bits per heavy atom. The first-order valence-corrected chi connectivity index (χ1v) is 11.6. The summed E-state index contributed by atoms with van der Waals surface area (Å²) >= 11 is 12.1. The van der Waals surface area contributed by atoms with E-state index in [1.807, 2.05) is 0 Å². The lowest BCUT2D eigenvalue weighted by Crippen LogP contribution is -2.55. The Hall–Kier alpha value is -1.19. The Morgan fingerprint density at radius 3 is 2.45 bits per heavy atom. The SMILES string of the molecule is COCCN1C[C@H](C(C)=O)[C@@H]2CCCC(C1=O)N2S(=O)(=O)c1cc(Cl)cc(Cl)c1. The number of nitrogens with zero attached hydrogens (tertiary/aromatic N) is 2. The molecular weight excluding hydrogens is 439 g/mol. The van der Waals surface area contributed by atoms with E-state index in [4.69, 9.17) is 27.9 Å². The van der Waals surface area contributed by atoms with Crippen LogP contribution in [-0.4, -0.2) is 68.2 Å². The highest BCUT2D eigenvalue weighted by molar-refractivity contribution is 7.89. The van der Waals surface area contributed by atoms with Crippen molar-refractivity contribution in [3.63, 3.8) is 0 Å². The maximum absolute atomic E-state index is 13.6. The van der Waals surface area contributed by atoms with Gasteiger partial charge in [0.15, 0.2) is 0 Å². The van der Waals surface area contributed by atoms with E-state index in [1.54, 1.807) is 4.90 Å². The van der Waals surface area contributed by atoms with E-state index in [0.717, 1.165) is 0 Å². The maximum atomic E-state index is 13.6. The lowest BCUT2D eigenvalue weighted by Gasteiger charge is -2.40. The van der Waals surface area contributed by atoms with Crippen LogP contribution < -0.4 is 0 Å². The highest BCUT2D eigenvalue weighted by Crippen LogP contribution is 2.38. The van der Waals surface area contributed by atoms with E-state index in [1.165, 1.54) is 36.5 Å². The van der Waals surface area contributed by atoms with Gasteiger partial charge in [-0.25, -0.2) is 8.42 Å². The first-order chi connectivity index (χ1) is 13.7. The molecule has 3 rings (SSSR count). The van der Waals surface area contributed by atoms with Crippen molar-refractivity contribution in [1.82, 2.24) is 9.21 Å². The molecule has 0 saturated carbocycles. The number of ketones is 1. The molecule has 2 saturated heterocycles. The van der Waals surface area contributed by atoms with Gasteiger partial charge in [-0.2, -0.15) is 4.31 Å². The number of Topliss-reactive ketones (excluding diaryl/α,β-unsaturated/α-hetero) is 1. The van der Waals surface area contributed by atoms with Crippen LogP contribution in [0, 0.1) is 5.92 Å². The molecule has 1 aromatic carbocycles. The first kappa shape index (κ1) is 22.5. The monoisotopic (exact) mass is 462 g/mol. The number of benzene rings is 1. The van der Waals surface area contributed by atoms with Gasteiger partial charge in [0.2, 0.25) is 15.9 Å². The van der Waals surface area contributed by atoms with Crippen molar-refractivity contribution in [3.05, 3.63) is 28.2 Å². The van der Waals surface area contributed by atoms with Gasteiger partial charge in [0.25, 0.3) is 0 Å². The number of halogens is 2. The second-order valence-corrected chi connectivity index (χ2v) is 10.2. The third kappa shape index (κ3) is 4.46. The number of methoxy groups -OCH3 is 1. The summed E-state index contributed by atoms with van der Waals surface area (Å²) in [5.41, 5.74) is 0. The zero-order chi connectivity index (χ0) is 21.3. The fourth-order valence-corrected chi connectivity index (χ4v) is 6.81. The van der Waals surface area contributed by atoms with Gasteiger partial charge in [-0.3, -0.25) is 9.59 Å². The molecule has 0 spiro atoms. The number of amides is 1. The molecule has 10 heteroatoms. The van der Waals surface area contributed by atoms with E-state index >= 15 is 0 Å². The van der Waals surface area contributed by atoms with Crippen molar-refractivity contribution in [2.45, 2.75) is 43.2 Å². The summed E-state index contributed by atoms with van der Waals surface area (Å²) in [5, 5.41) is 0.374. The second kappa shape index (κ2) is 8.89. The van der Waals surface area contributed by atoms with Crippen LogP contribution in [0.2, 0.25) is 10.0 Å². The normalized spacial score (nSPS) is 25.7. The van der Waals surface area contributed by atoms with Gasteiger partial charge in [-0.1, -0.05) is 23.2 Å². The molecule has 2 aliphatic rings. The molecule has 1 aromatic rings. The summed E-state index contributed by atoms with van der Waals surface area (Å²) in [5.74, 6) is -1.05. The molecule has 0 radical (unpaired) electrons. The van der Waals surface area contributed by atoms with Crippen LogP contribution in [0.25, 0.3) is 0 Å². The summed E-state index contributed by atoms with van der Waals surface area (Å²) in [7, 11) is -2.57. The van der Waals surface area contributed by atoms with Crippen molar-refractivity contribution in [3.8, 4) is 0 Å². The fourth-order valence-electron chi connectivity index (χ4n) is 4.22. The largest absolute Gasteiger partial charge is 0.383 e. The number of piperidine rings is 1. The van der Waals surface area contributed by atoms with Gasteiger partial charge in [-0.15, -0.1) is 0 Å². The Bertz CT molecular complexity index is 888. The van der Waals surface area contributed by atoms with Crippen LogP contribution in [0.15, 0.2) is 23.1 Å². The van der Waals surface area contributed by atoms with Gasteiger partial charge >= 0.3 is 0 Å². The predicted octanol–water partition coefficient (Wildman–Crippen LogP) is 2.60. The number of ether oxygens (including phenoxy) is 1. The van der Waals surface area contributed by atoms with Crippen LogP contribution in [0.1, 0.15) is 26.2 Å². The highest BCUT2D eigenvalue weighted by Gasteiger charge is 2.51. The number of fused-ring (bicyclic) bond motifs is 2. The topological polar surface area (TPSA) is 84.0 Å². The molecule has 0 aromatic heterocycles. The first-order valence-electron chi connectivity index (χ1n) is 9.44. The molecule has 1 amide bonds. The van der Waals surface area contributed by atoms with Gasteiger partial charge in [0, 0.05) is 36.3 Å². The molecule has 1 unspecified atom stereocenters. The van der Waals surface area contributed by atoms with Crippen molar-refractivity contribution in [1.29, 1.82) is 0 Å². The molecule has 7 nitrogen and oxygen atoms in total. The molecule has 29 heavy (non-hydrogen) atoms. The van der Waals surface area contributed by atoms with Crippen LogP contribution in [0.3, 0.4) is 0 Å². The van der Waals surface area contributed by atoms with Gasteiger partial charge in [0.05, 0.1) is 17.4 Å². The molecule has 160 valence electrons. The van der Waals surface area contributed by atoms with Crippen molar-refractivity contribution in [2.24, 2.45) is 5.92 Å². The van der Waals surface area contributed by atoms with E-state index in [0.29, 0.717) is 32.4 Å². The number of hydrogen-bond donors (Lipinski definition) is 0. The minimum absolute atomic E-state index is 0.0765. The molecular formula is C19H24Cl2N2O5S. The highest BCUT2D eigenvalue weighted by atomic mass is 35.5.